The van der Waals surface area contributed by atoms with E-state index in [-0.39, 0.29) is 0 Å². The van der Waals surface area contributed by atoms with Gasteiger partial charge < -0.3 is 5.32 Å². The van der Waals surface area contributed by atoms with Crippen molar-refractivity contribution in [3.05, 3.63) is 35.9 Å². The summed E-state index contributed by atoms with van der Waals surface area (Å²) in [5, 5.41) is 3.82. The highest BCUT2D eigenvalue weighted by molar-refractivity contribution is 5.18. The number of hydrogen-bond acceptors (Lipinski definition) is 2. The normalized spacial score (nSPS) is 17.9. The summed E-state index contributed by atoms with van der Waals surface area (Å²) in [5.74, 6) is 0. The Morgan fingerprint density at radius 1 is 1.19 bits per heavy atom. The average molecular weight is 288 g/mol. The number of likely N-dealkylation sites (N-methyl/N-ethyl adjacent to an activating group) is 1. The Balaban J connectivity index is 1.85. The Labute approximate surface area is 130 Å². The number of rotatable bonds is 10. The SMILES string of the molecule is CCCCCC(NCC(C)N(C)C1CC1)c1ccccc1. The molecule has 0 aliphatic heterocycles. The van der Waals surface area contributed by atoms with Crippen molar-refractivity contribution in [3.8, 4) is 0 Å². The van der Waals surface area contributed by atoms with E-state index in [0.717, 1.165) is 12.6 Å². The zero-order valence-electron chi connectivity index (χ0n) is 14.0. The van der Waals surface area contributed by atoms with Gasteiger partial charge in [-0.25, -0.2) is 0 Å². The number of nitrogens with one attached hydrogen (secondary N) is 1. The Kier molecular flexibility index (Phi) is 6.72. The molecule has 2 rings (SSSR count). The summed E-state index contributed by atoms with van der Waals surface area (Å²) in [7, 11) is 2.28. The average Bonchev–Trinajstić information content (AvgIpc) is 3.35. The topological polar surface area (TPSA) is 15.3 Å². The molecule has 2 atom stereocenters. The third-order valence-corrected chi connectivity index (χ3v) is 4.78. The van der Waals surface area contributed by atoms with Crippen molar-refractivity contribution in [1.82, 2.24) is 10.2 Å². The minimum absolute atomic E-state index is 0.507. The smallest absolute Gasteiger partial charge is 0.0320 e. The fraction of sp³-hybridized carbons (Fsp3) is 0.684. The molecule has 1 aromatic carbocycles. The van der Waals surface area contributed by atoms with Crippen molar-refractivity contribution in [2.75, 3.05) is 13.6 Å². The van der Waals surface area contributed by atoms with Crippen LogP contribution in [0.2, 0.25) is 0 Å². The van der Waals surface area contributed by atoms with Gasteiger partial charge in [0.05, 0.1) is 0 Å². The molecule has 0 heterocycles. The fourth-order valence-corrected chi connectivity index (χ4v) is 2.97. The van der Waals surface area contributed by atoms with E-state index in [2.05, 4.69) is 61.4 Å². The van der Waals surface area contributed by atoms with E-state index in [4.69, 9.17) is 0 Å². The van der Waals surface area contributed by atoms with Crippen LogP contribution in [0.25, 0.3) is 0 Å². The van der Waals surface area contributed by atoms with Crippen LogP contribution in [-0.4, -0.2) is 30.6 Å². The molecule has 2 unspecified atom stereocenters. The van der Waals surface area contributed by atoms with Gasteiger partial charge in [-0.05, 0) is 38.8 Å². The molecule has 1 aliphatic carbocycles. The highest BCUT2D eigenvalue weighted by Crippen LogP contribution is 2.27. The van der Waals surface area contributed by atoms with E-state index in [1.807, 2.05) is 0 Å². The lowest BCUT2D eigenvalue weighted by Gasteiger charge is -2.28. The Bertz CT molecular complexity index is 386. The molecular formula is C19H32N2. The first kappa shape index (κ1) is 16.5. The van der Waals surface area contributed by atoms with Crippen molar-refractivity contribution in [1.29, 1.82) is 0 Å². The molecule has 2 nitrogen and oxygen atoms in total. The van der Waals surface area contributed by atoms with Crippen LogP contribution in [0, 0.1) is 0 Å². The van der Waals surface area contributed by atoms with Crippen molar-refractivity contribution in [2.24, 2.45) is 0 Å². The standard InChI is InChI=1S/C19H32N2/c1-4-5-7-12-19(17-10-8-6-9-11-17)20-15-16(2)21(3)18-13-14-18/h6,8-11,16,18-20H,4-5,7,12-15H2,1-3H3. The lowest BCUT2D eigenvalue weighted by atomic mass is 10.00. The van der Waals surface area contributed by atoms with E-state index in [9.17, 15) is 0 Å². The molecule has 0 bridgehead atoms. The predicted molar refractivity (Wildman–Crippen MR) is 91.6 cm³/mol. The van der Waals surface area contributed by atoms with Crippen LogP contribution in [-0.2, 0) is 0 Å². The molecule has 1 fully saturated rings. The van der Waals surface area contributed by atoms with Gasteiger partial charge in [0.2, 0.25) is 0 Å². The van der Waals surface area contributed by atoms with Crippen LogP contribution in [0.5, 0.6) is 0 Å². The predicted octanol–water partition coefficient (Wildman–Crippen LogP) is 4.38. The number of benzene rings is 1. The Hall–Kier alpha value is -0.860. The number of nitrogens with zero attached hydrogens (tertiary/aromatic N) is 1. The minimum atomic E-state index is 0.507. The first-order chi connectivity index (χ1) is 10.2. The summed E-state index contributed by atoms with van der Waals surface area (Å²) in [6.07, 6.45) is 7.97. The third-order valence-electron chi connectivity index (χ3n) is 4.78. The second-order valence-electron chi connectivity index (χ2n) is 6.61. The van der Waals surface area contributed by atoms with E-state index < -0.39 is 0 Å². The summed E-state index contributed by atoms with van der Waals surface area (Å²) in [6, 6.07) is 12.9. The second kappa shape index (κ2) is 8.55. The summed E-state index contributed by atoms with van der Waals surface area (Å²) < 4.78 is 0. The van der Waals surface area contributed by atoms with E-state index in [1.165, 1.54) is 44.1 Å². The monoisotopic (exact) mass is 288 g/mol. The minimum Gasteiger partial charge on any atom is -0.308 e. The molecule has 1 aromatic rings. The van der Waals surface area contributed by atoms with Crippen LogP contribution >= 0.6 is 0 Å². The van der Waals surface area contributed by atoms with Crippen LogP contribution in [0.1, 0.15) is 64.0 Å². The van der Waals surface area contributed by atoms with Gasteiger partial charge in [0, 0.05) is 24.7 Å². The summed E-state index contributed by atoms with van der Waals surface area (Å²) in [5.41, 5.74) is 1.44. The van der Waals surface area contributed by atoms with Crippen LogP contribution in [0.3, 0.4) is 0 Å². The highest BCUT2D eigenvalue weighted by Gasteiger charge is 2.29. The second-order valence-corrected chi connectivity index (χ2v) is 6.61. The molecule has 0 aromatic heterocycles. The van der Waals surface area contributed by atoms with Crippen LogP contribution in [0.15, 0.2) is 30.3 Å². The number of hydrogen-bond donors (Lipinski definition) is 1. The van der Waals surface area contributed by atoms with Crippen LogP contribution in [0.4, 0.5) is 0 Å². The molecule has 2 heteroatoms. The Morgan fingerprint density at radius 2 is 1.90 bits per heavy atom. The molecule has 1 saturated carbocycles. The van der Waals surface area contributed by atoms with Crippen molar-refractivity contribution in [2.45, 2.75) is 70.5 Å². The van der Waals surface area contributed by atoms with Gasteiger partial charge in [-0.1, -0.05) is 56.5 Å². The molecule has 0 amide bonds. The maximum atomic E-state index is 3.82. The van der Waals surface area contributed by atoms with E-state index in [1.54, 1.807) is 0 Å². The van der Waals surface area contributed by atoms with Crippen LogP contribution < -0.4 is 5.32 Å². The summed E-state index contributed by atoms with van der Waals surface area (Å²) in [6.45, 7) is 5.70. The van der Waals surface area contributed by atoms with Gasteiger partial charge >= 0.3 is 0 Å². The summed E-state index contributed by atoms with van der Waals surface area (Å²) in [4.78, 5) is 2.54. The molecule has 0 saturated heterocycles. The molecule has 0 spiro atoms. The Morgan fingerprint density at radius 3 is 2.52 bits per heavy atom. The molecule has 1 aliphatic rings. The first-order valence-corrected chi connectivity index (χ1v) is 8.72. The molecule has 1 N–H and O–H groups in total. The maximum Gasteiger partial charge on any atom is 0.0320 e. The zero-order chi connectivity index (χ0) is 15.1. The largest absolute Gasteiger partial charge is 0.308 e. The van der Waals surface area contributed by atoms with Gasteiger partial charge in [-0.15, -0.1) is 0 Å². The van der Waals surface area contributed by atoms with Gasteiger partial charge in [-0.3, -0.25) is 4.90 Å². The van der Waals surface area contributed by atoms with E-state index in [0.29, 0.717) is 12.1 Å². The molecular weight excluding hydrogens is 256 g/mol. The first-order valence-electron chi connectivity index (χ1n) is 8.72. The zero-order valence-corrected chi connectivity index (χ0v) is 14.0. The number of unbranched alkanes of at least 4 members (excludes halogenated alkanes) is 2. The van der Waals surface area contributed by atoms with Gasteiger partial charge in [0.15, 0.2) is 0 Å². The lowest BCUT2D eigenvalue weighted by molar-refractivity contribution is 0.234. The highest BCUT2D eigenvalue weighted by atomic mass is 15.2. The quantitative estimate of drug-likeness (QED) is 0.643. The van der Waals surface area contributed by atoms with Crippen molar-refractivity contribution >= 4 is 0 Å². The van der Waals surface area contributed by atoms with E-state index >= 15 is 0 Å². The third kappa shape index (κ3) is 5.44. The molecule has 0 radical (unpaired) electrons. The van der Waals surface area contributed by atoms with Gasteiger partial charge in [0.25, 0.3) is 0 Å². The maximum absolute atomic E-state index is 3.82. The van der Waals surface area contributed by atoms with Gasteiger partial charge in [0.1, 0.15) is 0 Å². The van der Waals surface area contributed by atoms with Crippen molar-refractivity contribution in [3.63, 3.8) is 0 Å². The lowest BCUT2D eigenvalue weighted by Crippen LogP contribution is -2.40. The van der Waals surface area contributed by atoms with Gasteiger partial charge in [-0.2, -0.15) is 0 Å². The fourth-order valence-electron chi connectivity index (χ4n) is 2.97. The van der Waals surface area contributed by atoms with Crippen molar-refractivity contribution < 1.29 is 0 Å². The molecule has 21 heavy (non-hydrogen) atoms. The molecule has 118 valence electrons. The summed E-state index contributed by atoms with van der Waals surface area (Å²) >= 11 is 0.